The van der Waals surface area contributed by atoms with E-state index in [4.69, 9.17) is 11.6 Å². The Hall–Kier alpha value is -1.66. The van der Waals surface area contributed by atoms with Crippen LogP contribution in [0.1, 0.15) is 29.6 Å². The fourth-order valence-electron chi connectivity index (χ4n) is 2.51. The molecule has 1 atom stereocenters. The van der Waals surface area contributed by atoms with E-state index in [-0.39, 0.29) is 22.2 Å². The Balaban J connectivity index is 2.02. The van der Waals surface area contributed by atoms with Gasteiger partial charge in [-0.3, -0.25) is 14.9 Å². The number of likely N-dealkylation sites (N-methyl/N-ethyl adjacent to an activating group) is 1. The molecular formula is C14H18ClN3O3. The van der Waals surface area contributed by atoms with Gasteiger partial charge in [0.1, 0.15) is 0 Å². The van der Waals surface area contributed by atoms with Crippen molar-refractivity contribution in [3.05, 3.63) is 38.9 Å². The zero-order valence-electron chi connectivity index (χ0n) is 11.8. The molecule has 1 heterocycles. The predicted molar refractivity (Wildman–Crippen MR) is 80.7 cm³/mol. The highest BCUT2D eigenvalue weighted by molar-refractivity contribution is 6.33. The Morgan fingerprint density at radius 3 is 2.95 bits per heavy atom. The van der Waals surface area contributed by atoms with E-state index in [0.717, 1.165) is 19.4 Å². The number of nitrogens with one attached hydrogen (secondary N) is 1. The summed E-state index contributed by atoms with van der Waals surface area (Å²) >= 11 is 5.95. The average molecular weight is 312 g/mol. The van der Waals surface area contributed by atoms with Crippen molar-refractivity contribution in [2.45, 2.75) is 25.3 Å². The van der Waals surface area contributed by atoms with Crippen molar-refractivity contribution in [2.24, 2.45) is 0 Å². The van der Waals surface area contributed by atoms with E-state index in [9.17, 15) is 14.9 Å². The highest BCUT2D eigenvalue weighted by Crippen LogP contribution is 2.22. The molecule has 0 spiro atoms. The number of amides is 1. The summed E-state index contributed by atoms with van der Waals surface area (Å²) in [5, 5.41) is 13.8. The number of nitro benzene ring substituents is 1. The third-order valence-electron chi connectivity index (χ3n) is 3.83. The fourth-order valence-corrected chi connectivity index (χ4v) is 2.71. The van der Waals surface area contributed by atoms with Crippen LogP contribution < -0.4 is 5.32 Å². The molecule has 1 aromatic rings. The maximum absolute atomic E-state index is 12.2. The van der Waals surface area contributed by atoms with Crippen LogP contribution in [0.15, 0.2) is 18.2 Å². The highest BCUT2D eigenvalue weighted by Gasteiger charge is 2.21. The number of carbonyl (C=O) groups excluding carboxylic acids is 1. The van der Waals surface area contributed by atoms with Gasteiger partial charge in [-0.05, 0) is 32.5 Å². The van der Waals surface area contributed by atoms with E-state index in [2.05, 4.69) is 10.2 Å². The number of non-ortho nitro benzene ring substituents is 1. The number of carbonyl (C=O) groups is 1. The minimum atomic E-state index is -0.540. The van der Waals surface area contributed by atoms with Gasteiger partial charge in [-0.1, -0.05) is 18.0 Å². The van der Waals surface area contributed by atoms with Gasteiger partial charge in [0.2, 0.25) is 0 Å². The van der Waals surface area contributed by atoms with Crippen LogP contribution in [0, 0.1) is 10.1 Å². The number of hydrogen-bond acceptors (Lipinski definition) is 4. The number of piperidine rings is 1. The van der Waals surface area contributed by atoms with Gasteiger partial charge in [0, 0.05) is 24.7 Å². The molecule has 21 heavy (non-hydrogen) atoms. The van der Waals surface area contributed by atoms with Gasteiger partial charge in [0.05, 0.1) is 15.5 Å². The summed E-state index contributed by atoms with van der Waals surface area (Å²) in [7, 11) is 2.04. The minimum Gasteiger partial charge on any atom is -0.350 e. The number of rotatable bonds is 4. The highest BCUT2D eigenvalue weighted by atomic mass is 35.5. The fraction of sp³-hybridized carbons (Fsp3) is 0.500. The molecule has 7 heteroatoms. The summed E-state index contributed by atoms with van der Waals surface area (Å²) < 4.78 is 0. The molecule has 1 N–H and O–H groups in total. The van der Waals surface area contributed by atoms with E-state index >= 15 is 0 Å². The maximum Gasteiger partial charge on any atom is 0.270 e. The zero-order chi connectivity index (χ0) is 15.4. The van der Waals surface area contributed by atoms with Crippen molar-refractivity contribution in [1.29, 1.82) is 0 Å². The average Bonchev–Trinajstić information content (AvgIpc) is 2.46. The number of nitro groups is 1. The predicted octanol–water partition coefficient (Wildman–Crippen LogP) is 2.46. The second-order valence-electron chi connectivity index (χ2n) is 5.26. The molecular weight excluding hydrogens is 294 g/mol. The van der Waals surface area contributed by atoms with Crippen LogP contribution in [0.4, 0.5) is 5.69 Å². The Bertz CT molecular complexity index is 550. The first-order valence-corrected chi connectivity index (χ1v) is 7.29. The topological polar surface area (TPSA) is 75.5 Å². The van der Waals surface area contributed by atoms with Crippen LogP contribution in [0.2, 0.25) is 5.02 Å². The molecule has 1 aliphatic heterocycles. The lowest BCUT2D eigenvalue weighted by molar-refractivity contribution is -0.384. The molecule has 0 aliphatic carbocycles. The molecule has 0 saturated carbocycles. The number of benzene rings is 1. The summed E-state index contributed by atoms with van der Waals surface area (Å²) in [5.74, 6) is -0.373. The largest absolute Gasteiger partial charge is 0.350 e. The van der Waals surface area contributed by atoms with E-state index in [1.165, 1.54) is 24.6 Å². The van der Waals surface area contributed by atoms with Gasteiger partial charge in [-0.15, -0.1) is 0 Å². The van der Waals surface area contributed by atoms with Crippen LogP contribution in [-0.2, 0) is 0 Å². The lowest BCUT2D eigenvalue weighted by Gasteiger charge is -2.32. The first kappa shape index (κ1) is 15.7. The molecule has 0 radical (unpaired) electrons. The number of hydrogen-bond donors (Lipinski definition) is 1. The third-order valence-corrected chi connectivity index (χ3v) is 4.15. The van der Waals surface area contributed by atoms with Crippen LogP contribution in [0.25, 0.3) is 0 Å². The number of nitrogens with zero attached hydrogens (tertiary/aromatic N) is 2. The summed E-state index contributed by atoms with van der Waals surface area (Å²) in [6.07, 6.45) is 3.37. The van der Waals surface area contributed by atoms with Crippen LogP contribution >= 0.6 is 11.6 Å². The molecule has 1 fully saturated rings. The van der Waals surface area contributed by atoms with Crippen molar-refractivity contribution in [3.63, 3.8) is 0 Å². The van der Waals surface area contributed by atoms with Gasteiger partial charge < -0.3 is 10.2 Å². The summed E-state index contributed by atoms with van der Waals surface area (Å²) in [6.45, 7) is 1.55. The third kappa shape index (κ3) is 3.92. The van der Waals surface area contributed by atoms with Gasteiger partial charge in [-0.25, -0.2) is 0 Å². The van der Waals surface area contributed by atoms with Gasteiger partial charge in [0.15, 0.2) is 0 Å². The van der Waals surface area contributed by atoms with Crippen molar-refractivity contribution >= 4 is 23.2 Å². The second-order valence-corrected chi connectivity index (χ2v) is 5.67. The summed E-state index contributed by atoms with van der Waals surface area (Å²) in [6, 6.07) is 4.18. The Kier molecular flexibility index (Phi) is 5.14. The van der Waals surface area contributed by atoms with E-state index in [1.807, 2.05) is 7.05 Å². The van der Waals surface area contributed by atoms with E-state index < -0.39 is 4.92 Å². The van der Waals surface area contributed by atoms with Crippen molar-refractivity contribution in [1.82, 2.24) is 10.2 Å². The van der Waals surface area contributed by atoms with E-state index in [1.54, 1.807) is 0 Å². The van der Waals surface area contributed by atoms with Crippen LogP contribution in [-0.4, -0.2) is 41.9 Å². The Labute approximate surface area is 128 Å². The molecule has 1 saturated heterocycles. The van der Waals surface area contributed by atoms with E-state index in [0.29, 0.717) is 12.6 Å². The monoisotopic (exact) mass is 311 g/mol. The molecule has 6 nitrogen and oxygen atoms in total. The Morgan fingerprint density at radius 1 is 1.52 bits per heavy atom. The first-order chi connectivity index (χ1) is 9.99. The second kappa shape index (κ2) is 6.87. The first-order valence-electron chi connectivity index (χ1n) is 6.91. The lowest BCUT2D eigenvalue weighted by Crippen LogP contribution is -2.44. The standard InChI is InChI=1S/C14H18ClN3O3/c1-17-7-3-2-4-11(17)9-16-14(19)12-8-10(18(20)21)5-6-13(12)15/h5-6,8,11H,2-4,7,9H2,1H3,(H,16,19). The number of halogens is 1. The lowest BCUT2D eigenvalue weighted by atomic mass is 10.0. The minimum absolute atomic E-state index is 0.140. The summed E-state index contributed by atoms with van der Waals surface area (Å²) in [4.78, 5) is 24.6. The van der Waals surface area contributed by atoms with Gasteiger partial charge in [-0.2, -0.15) is 0 Å². The maximum atomic E-state index is 12.2. The molecule has 1 unspecified atom stereocenters. The number of likely N-dealkylation sites (tertiary alicyclic amines) is 1. The quantitative estimate of drug-likeness (QED) is 0.684. The summed E-state index contributed by atoms with van der Waals surface area (Å²) in [5.41, 5.74) is 0.00339. The van der Waals surface area contributed by atoms with Crippen molar-refractivity contribution in [3.8, 4) is 0 Å². The molecule has 114 valence electrons. The molecule has 2 rings (SSSR count). The molecule has 0 aromatic heterocycles. The smallest absolute Gasteiger partial charge is 0.270 e. The zero-order valence-corrected chi connectivity index (χ0v) is 12.6. The van der Waals surface area contributed by atoms with Gasteiger partial charge in [0.25, 0.3) is 11.6 Å². The molecule has 0 bridgehead atoms. The van der Waals surface area contributed by atoms with Crippen molar-refractivity contribution < 1.29 is 9.72 Å². The molecule has 1 amide bonds. The molecule has 1 aliphatic rings. The van der Waals surface area contributed by atoms with Crippen LogP contribution in [0.3, 0.4) is 0 Å². The van der Waals surface area contributed by atoms with Gasteiger partial charge >= 0.3 is 0 Å². The Morgan fingerprint density at radius 2 is 2.29 bits per heavy atom. The van der Waals surface area contributed by atoms with Crippen LogP contribution in [0.5, 0.6) is 0 Å². The SMILES string of the molecule is CN1CCCCC1CNC(=O)c1cc([N+](=O)[O-])ccc1Cl. The molecule has 1 aromatic carbocycles. The van der Waals surface area contributed by atoms with Crippen molar-refractivity contribution in [2.75, 3.05) is 20.1 Å². The normalized spacial score (nSPS) is 19.2.